The Morgan fingerprint density at radius 3 is 2.94 bits per heavy atom. The first-order valence-corrected chi connectivity index (χ1v) is 7.50. The third kappa shape index (κ3) is 3.59. The van der Waals surface area contributed by atoms with E-state index >= 15 is 0 Å². The number of rotatable bonds is 4. The predicted octanol–water partition coefficient (Wildman–Crippen LogP) is 2.00. The van der Waals surface area contributed by atoms with Gasteiger partial charge in [-0.05, 0) is 19.0 Å². The van der Waals surface area contributed by atoms with Crippen LogP contribution in [0.3, 0.4) is 0 Å². The van der Waals surface area contributed by atoms with Gasteiger partial charge in [-0.3, -0.25) is 0 Å². The van der Waals surface area contributed by atoms with E-state index in [1.54, 1.807) is 7.11 Å². The summed E-state index contributed by atoms with van der Waals surface area (Å²) in [5.41, 5.74) is 0. The highest BCUT2D eigenvalue weighted by atomic mass is 79.9. The first-order chi connectivity index (χ1) is 8.83. The van der Waals surface area contributed by atoms with Gasteiger partial charge in [0.2, 0.25) is 5.88 Å². The van der Waals surface area contributed by atoms with Crippen LogP contribution < -0.4 is 9.64 Å². The van der Waals surface area contributed by atoms with Crippen molar-refractivity contribution in [3.05, 3.63) is 18.2 Å². The molecule has 100 valence electrons. The number of hydrogen-bond donors (Lipinski definition) is 0. The molecule has 5 heteroatoms. The maximum atomic E-state index is 5.18. The largest absolute Gasteiger partial charge is 0.481 e. The van der Waals surface area contributed by atoms with E-state index in [9.17, 15) is 0 Å². The van der Waals surface area contributed by atoms with Gasteiger partial charge in [-0.2, -0.15) is 4.98 Å². The Morgan fingerprint density at radius 2 is 2.17 bits per heavy atom. The van der Waals surface area contributed by atoms with Crippen LogP contribution in [-0.2, 0) is 0 Å². The second kappa shape index (κ2) is 6.95. The number of aromatic nitrogens is 1. The van der Waals surface area contributed by atoms with E-state index in [0.29, 0.717) is 5.88 Å². The second-order valence-corrected chi connectivity index (χ2v) is 5.20. The van der Waals surface area contributed by atoms with Crippen molar-refractivity contribution in [3.8, 4) is 5.88 Å². The molecule has 0 aliphatic carbocycles. The van der Waals surface area contributed by atoms with Gasteiger partial charge in [0, 0.05) is 37.6 Å². The van der Waals surface area contributed by atoms with Crippen molar-refractivity contribution in [3.63, 3.8) is 0 Å². The summed E-state index contributed by atoms with van der Waals surface area (Å²) in [5, 5.41) is 1.05. The minimum absolute atomic E-state index is 0.689. The van der Waals surface area contributed by atoms with E-state index in [-0.39, 0.29) is 0 Å². The van der Waals surface area contributed by atoms with Crippen molar-refractivity contribution in [2.24, 2.45) is 0 Å². The van der Waals surface area contributed by atoms with Crippen LogP contribution in [0.5, 0.6) is 5.88 Å². The number of alkyl halides is 1. The van der Waals surface area contributed by atoms with Gasteiger partial charge in [-0.25, -0.2) is 0 Å². The molecule has 0 saturated carbocycles. The molecule has 1 aromatic rings. The summed E-state index contributed by atoms with van der Waals surface area (Å²) >= 11 is 3.51. The van der Waals surface area contributed by atoms with Crippen LogP contribution in [0.15, 0.2) is 18.2 Å². The van der Waals surface area contributed by atoms with Crippen molar-refractivity contribution in [1.82, 2.24) is 9.88 Å². The van der Waals surface area contributed by atoms with E-state index in [0.717, 1.165) is 37.3 Å². The van der Waals surface area contributed by atoms with Crippen LogP contribution in [0, 0.1) is 0 Å². The summed E-state index contributed by atoms with van der Waals surface area (Å²) in [4.78, 5) is 9.34. The number of ether oxygens (including phenoxy) is 1. The highest BCUT2D eigenvalue weighted by Crippen LogP contribution is 2.17. The molecule has 0 atom stereocenters. The number of hydrogen-bond acceptors (Lipinski definition) is 4. The highest BCUT2D eigenvalue weighted by Gasteiger charge is 2.15. The first-order valence-electron chi connectivity index (χ1n) is 6.38. The molecule has 0 N–H and O–H groups in total. The molecule has 0 unspecified atom stereocenters. The van der Waals surface area contributed by atoms with Gasteiger partial charge < -0.3 is 14.5 Å². The van der Waals surface area contributed by atoms with Gasteiger partial charge in [0.15, 0.2) is 0 Å². The molecule has 2 heterocycles. The number of halogens is 1. The predicted molar refractivity (Wildman–Crippen MR) is 77.9 cm³/mol. The van der Waals surface area contributed by atoms with E-state index in [4.69, 9.17) is 4.74 Å². The molecular weight excluding hydrogens is 294 g/mol. The molecule has 1 saturated heterocycles. The van der Waals surface area contributed by atoms with Crippen molar-refractivity contribution in [2.45, 2.75) is 6.42 Å². The quantitative estimate of drug-likeness (QED) is 0.795. The lowest BCUT2D eigenvalue weighted by molar-refractivity contribution is 0.313. The molecule has 1 aliphatic heterocycles. The van der Waals surface area contributed by atoms with Gasteiger partial charge in [-0.15, -0.1) is 0 Å². The Morgan fingerprint density at radius 1 is 1.28 bits per heavy atom. The van der Waals surface area contributed by atoms with Crippen molar-refractivity contribution in [2.75, 3.05) is 50.1 Å². The average Bonchev–Trinajstić information content (AvgIpc) is 2.65. The van der Waals surface area contributed by atoms with Crippen LogP contribution in [-0.4, -0.2) is 55.0 Å². The van der Waals surface area contributed by atoms with E-state index < -0.39 is 0 Å². The average molecular weight is 314 g/mol. The molecule has 2 rings (SSSR count). The zero-order valence-corrected chi connectivity index (χ0v) is 12.4. The van der Waals surface area contributed by atoms with E-state index in [2.05, 4.69) is 36.8 Å². The van der Waals surface area contributed by atoms with Crippen molar-refractivity contribution < 1.29 is 4.74 Å². The number of nitrogens with zero attached hydrogens (tertiary/aromatic N) is 3. The number of methoxy groups -OCH3 is 1. The molecule has 0 bridgehead atoms. The molecule has 1 aliphatic rings. The Balaban J connectivity index is 2.00. The minimum Gasteiger partial charge on any atom is -0.481 e. The van der Waals surface area contributed by atoms with E-state index in [1.165, 1.54) is 13.0 Å². The van der Waals surface area contributed by atoms with Crippen LogP contribution in [0.2, 0.25) is 0 Å². The molecule has 0 radical (unpaired) electrons. The van der Waals surface area contributed by atoms with Gasteiger partial charge in [-0.1, -0.05) is 22.0 Å². The van der Waals surface area contributed by atoms with Gasteiger partial charge in [0.1, 0.15) is 5.82 Å². The lowest BCUT2D eigenvalue weighted by Gasteiger charge is -2.22. The molecule has 4 nitrogen and oxygen atoms in total. The molecular formula is C13H20BrN3O. The fourth-order valence-electron chi connectivity index (χ4n) is 2.24. The fourth-order valence-corrected chi connectivity index (χ4v) is 2.74. The third-order valence-corrected chi connectivity index (χ3v) is 3.59. The van der Waals surface area contributed by atoms with E-state index in [1.807, 2.05) is 12.1 Å². The fraction of sp³-hybridized carbons (Fsp3) is 0.615. The minimum atomic E-state index is 0.689. The van der Waals surface area contributed by atoms with Crippen LogP contribution in [0.4, 0.5) is 5.82 Å². The Bertz CT molecular complexity index is 375. The lowest BCUT2D eigenvalue weighted by Crippen LogP contribution is -2.32. The van der Waals surface area contributed by atoms with Gasteiger partial charge in [0.25, 0.3) is 0 Å². The maximum Gasteiger partial charge on any atom is 0.214 e. The van der Waals surface area contributed by atoms with Crippen molar-refractivity contribution >= 4 is 21.7 Å². The summed E-state index contributed by atoms with van der Waals surface area (Å²) in [7, 11) is 1.66. The topological polar surface area (TPSA) is 28.6 Å². The van der Waals surface area contributed by atoms with Crippen LogP contribution in [0.25, 0.3) is 0 Å². The molecule has 0 amide bonds. The zero-order valence-electron chi connectivity index (χ0n) is 10.8. The maximum absolute atomic E-state index is 5.18. The summed E-state index contributed by atoms with van der Waals surface area (Å²) in [6.45, 7) is 5.50. The molecule has 1 fully saturated rings. The Labute approximate surface area is 117 Å². The SMILES string of the molecule is COc1cccc(N2CCCN(CCBr)CC2)n1. The summed E-state index contributed by atoms with van der Waals surface area (Å²) in [5.74, 6) is 1.71. The van der Waals surface area contributed by atoms with Crippen LogP contribution >= 0.6 is 15.9 Å². The smallest absolute Gasteiger partial charge is 0.214 e. The number of anilines is 1. The molecule has 18 heavy (non-hydrogen) atoms. The Kier molecular flexibility index (Phi) is 5.26. The third-order valence-electron chi connectivity index (χ3n) is 3.23. The Hall–Kier alpha value is -0.810. The van der Waals surface area contributed by atoms with Crippen molar-refractivity contribution in [1.29, 1.82) is 0 Å². The van der Waals surface area contributed by atoms with Gasteiger partial charge >= 0.3 is 0 Å². The van der Waals surface area contributed by atoms with Gasteiger partial charge in [0.05, 0.1) is 7.11 Å². The second-order valence-electron chi connectivity index (χ2n) is 4.41. The molecule has 1 aromatic heterocycles. The normalized spacial score (nSPS) is 17.6. The first kappa shape index (κ1) is 13.6. The summed E-state index contributed by atoms with van der Waals surface area (Å²) < 4.78 is 5.18. The summed E-state index contributed by atoms with van der Waals surface area (Å²) in [6, 6.07) is 5.95. The lowest BCUT2D eigenvalue weighted by atomic mass is 10.3. The number of pyridine rings is 1. The molecule has 0 aromatic carbocycles. The zero-order chi connectivity index (χ0) is 12.8. The highest BCUT2D eigenvalue weighted by molar-refractivity contribution is 9.09. The standard InChI is InChI=1S/C13H20BrN3O/c1-18-13-5-2-4-12(15-13)17-8-3-7-16(9-6-14)10-11-17/h2,4-5H,3,6-11H2,1H3. The monoisotopic (exact) mass is 313 g/mol. The molecule has 0 spiro atoms. The summed E-state index contributed by atoms with van der Waals surface area (Å²) in [6.07, 6.45) is 1.19. The van der Waals surface area contributed by atoms with Crippen LogP contribution in [0.1, 0.15) is 6.42 Å².